The predicted molar refractivity (Wildman–Crippen MR) is 79.0 cm³/mol. The third-order valence-corrected chi connectivity index (χ3v) is 3.23. The van der Waals surface area contributed by atoms with Crippen LogP contribution in [0.1, 0.15) is 12.2 Å². The first-order chi connectivity index (χ1) is 9.06. The van der Waals surface area contributed by atoms with Crippen LogP contribution in [0.15, 0.2) is 12.1 Å². The lowest BCUT2D eigenvalue weighted by Crippen LogP contribution is -2.12. The molecule has 1 aromatic heterocycles. The molecule has 1 aromatic carbocycles. The number of thiocarbonyl (C=S) groups is 1. The molecule has 0 saturated heterocycles. The first kappa shape index (κ1) is 13.6. The Morgan fingerprint density at radius 3 is 2.53 bits per heavy atom. The minimum atomic E-state index is 0.502. The van der Waals surface area contributed by atoms with Crippen molar-refractivity contribution < 1.29 is 9.47 Å². The summed E-state index contributed by atoms with van der Waals surface area (Å²) in [4.78, 5) is 5.02. The zero-order valence-electron chi connectivity index (χ0n) is 11.3. The van der Waals surface area contributed by atoms with Gasteiger partial charge in [0.05, 0.1) is 30.2 Å². The van der Waals surface area contributed by atoms with Gasteiger partial charge in [-0.3, -0.25) is 0 Å². The summed E-state index contributed by atoms with van der Waals surface area (Å²) in [7, 11) is 3.23. The summed E-state index contributed by atoms with van der Waals surface area (Å²) in [5.74, 6) is 2.28. The molecule has 0 aliphatic heterocycles. The van der Waals surface area contributed by atoms with Gasteiger partial charge in [0.15, 0.2) is 11.5 Å². The minimum absolute atomic E-state index is 0.502. The van der Waals surface area contributed by atoms with Gasteiger partial charge >= 0.3 is 0 Å². The van der Waals surface area contributed by atoms with Crippen molar-refractivity contribution in [2.45, 2.75) is 19.9 Å². The third-order valence-electron chi connectivity index (χ3n) is 3.03. The molecule has 19 heavy (non-hydrogen) atoms. The number of aryl methyl sites for hydroxylation is 2. The van der Waals surface area contributed by atoms with Gasteiger partial charge in [-0.1, -0.05) is 12.2 Å². The van der Waals surface area contributed by atoms with Crippen molar-refractivity contribution in [2.75, 3.05) is 14.2 Å². The molecule has 6 heteroatoms. The van der Waals surface area contributed by atoms with Crippen molar-refractivity contribution in [1.82, 2.24) is 9.55 Å². The maximum Gasteiger partial charge on any atom is 0.163 e. The van der Waals surface area contributed by atoms with Crippen LogP contribution in [0.5, 0.6) is 11.5 Å². The highest BCUT2D eigenvalue weighted by Crippen LogP contribution is 2.32. The molecule has 0 spiro atoms. The number of benzene rings is 1. The van der Waals surface area contributed by atoms with Crippen LogP contribution in [0.2, 0.25) is 0 Å². The maximum atomic E-state index is 5.56. The number of ether oxygens (including phenoxy) is 2. The van der Waals surface area contributed by atoms with E-state index in [-0.39, 0.29) is 0 Å². The van der Waals surface area contributed by atoms with Crippen LogP contribution in [0.25, 0.3) is 11.0 Å². The quantitative estimate of drug-likeness (QED) is 0.849. The Morgan fingerprint density at radius 2 is 1.95 bits per heavy atom. The average molecular weight is 279 g/mol. The Morgan fingerprint density at radius 1 is 1.32 bits per heavy atom. The maximum absolute atomic E-state index is 5.56. The Balaban J connectivity index is 2.52. The molecule has 5 nitrogen and oxygen atoms in total. The van der Waals surface area contributed by atoms with Crippen LogP contribution in [0.4, 0.5) is 0 Å². The molecule has 0 fully saturated rings. The molecule has 2 rings (SSSR count). The summed E-state index contributed by atoms with van der Waals surface area (Å²) >= 11 is 4.92. The van der Waals surface area contributed by atoms with Crippen LogP contribution >= 0.6 is 12.2 Å². The Labute approximate surface area is 117 Å². The number of nitrogens with zero attached hydrogens (tertiary/aromatic N) is 2. The number of rotatable bonds is 5. The van der Waals surface area contributed by atoms with Gasteiger partial charge < -0.3 is 19.8 Å². The molecule has 2 aromatic rings. The Bertz CT molecular complexity index is 622. The monoisotopic (exact) mass is 279 g/mol. The van der Waals surface area contributed by atoms with Crippen molar-refractivity contribution in [3.63, 3.8) is 0 Å². The molecule has 2 N–H and O–H groups in total. The number of hydrogen-bond acceptors (Lipinski definition) is 4. The first-order valence-electron chi connectivity index (χ1n) is 5.94. The van der Waals surface area contributed by atoms with E-state index >= 15 is 0 Å². The number of aromatic nitrogens is 2. The van der Waals surface area contributed by atoms with E-state index < -0.39 is 0 Å². The van der Waals surface area contributed by atoms with E-state index in [9.17, 15) is 0 Å². The molecule has 0 bridgehead atoms. The van der Waals surface area contributed by atoms with Gasteiger partial charge in [-0.05, 0) is 6.92 Å². The second-order valence-corrected chi connectivity index (χ2v) is 4.75. The number of hydrogen-bond donors (Lipinski definition) is 1. The summed E-state index contributed by atoms with van der Waals surface area (Å²) < 4.78 is 12.7. The lowest BCUT2D eigenvalue weighted by atomic mass is 10.2. The second-order valence-electron chi connectivity index (χ2n) is 4.22. The molecular formula is C13H17N3O2S. The van der Waals surface area contributed by atoms with Crippen LogP contribution in [0.3, 0.4) is 0 Å². The van der Waals surface area contributed by atoms with Gasteiger partial charge in [-0.25, -0.2) is 4.98 Å². The molecule has 0 aliphatic rings. The molecular weight excluding hydrogens is 262 g/mol. The molecule has 0 radical (unpaired) electrons. The van der Waals surface area contributed by atoms with Crippen LogP contribution in [-0.2, 0) is 6.54 Å². The van der Waals surface area contributed by atoms with Gasteiger partial charge in [0.1, 0.15) is 5.82 Å². The third kappa shape index (κ3) is 2.63. The number of nitrogens with two attached hydrogens (primary N) is 1. The van der Waals surface area contributed by atoms with E-state index in [0.29, 0.717) is 29.5 Å². The number of methoxy groups -OCH3 is 2. The standard InChI is InChI=1S/C13H17N3O2S/c1-8-15-9-6-11(17-2)12(18-3)7-10(9)16(8)5-4-13(14)19/h6-7H,4-5H2,1-3H3,(H2,14,19). The molecule has 102 valence electrons. The fourth-order valence-electron chi connectivity index (χ4n) is 2.08. The van der Waals surface area contributed by atoms with Crippen molar-refractivity contribution in [3.05, 3.63) is 18.0 Å². The SMILES string of the molecule is COc1cc2nc(C)n(CCC(N)=S)c2cc1OC. The highest BCUT2D eigenvalue weighted by molar-refractivity contribution is 7.80. The highest BCUT2D eigenvalue weighted by atomic mass is 32.1. The Kier molecular flexibility index (Phi) is 3.90. The van der Waals surface area contributed by atoms with Crippen LogP contribution in [-0.4, -0.2) is 28.8 Å². The number of fused-ring (bicyclic) bond motifs is 1. The van der Waals surface area contributed by atoms with Crippen LogP contribution in [0, 0.1) is 6.92 Å². The molecule has 1 heterocycles. The zero-order valence-corrected chi connectivity index (χ0v) is 12.1. The van der Waals surface area contributed by atoms with E-state index in [0.717, 1.165) is 16.9 Å². The van der Waals surface area contributed by atoms with E-state index in [1.54, 1.807) is 14.2 Å². The summed E-state index contributed by atoms with van der Waals surface area (Å²) in [6.45, 7) is 2.67. The van der Waals surface area contributed by atoms with Gasteiger partial charge in [0.2, 0.25) is 0 Å². The van der Waals surface area contributed by atoms with Gasteiger partial charge in [0.25, 0.3) is 0 Å². The van der Waals surface area contributed by atoms with Crippen molar-refractivity contribution in [2.24, 2.45) is 5.73 Å². The lowest BCUT2D eigenvalue weighted by molar-refractivity contribution is 0.355. The Hall–Kier alpha value is -1.82. The van der Waals surface area contributed by atoms with Gasteiger partial charge in [0, 0.05) is 25.1 Å². The predicted octanol–water partition coefficient (Wildman–Crippen LogP) is 2.04. The lowest BCUT2D eigenvalue weighted by Gasteiger charge is -2.09. The fourth-order valence-corrected chi connectivity index (χ4v) is 2.17. The van der Waals surface area contributed by atoms with Crippen molar-refractivity contribution in [1.29, 1.82) is 0 Å². The summed E-state index contributed by atoms with van der Waals surface area (Å²) in [5.41, 5.74) is 7.42. The van der Waals surface area contributed by atoms with Crippen molar-refractivity contribution in [3.8, 4) is 11.5 Å². The van der Waals surface area contributed by atoms with Crippen LogP contribution < -0.4 is 15.2 Å². The molecule has 0 saturated carbocycles. The average Bonchev–Trinajstić information content (AvgIpc) is 2.69. The smallest absolute Gasteiger partial charge is 0.163 e. The summed E-state index contributed by atoms with van der Waals surface area (Å²) in [6.07, 6.45) is 0.649. The fraction of sp³-hybridized carbons (Fsp3) is 0.385. The highest BCUT2D eigenvalue weighted by Gasteiger charge is 2.12. The molecule has 0 unspecified atom stereocenters. The summed E-state index contributed by atoms with van der Waals surface area (Å²) in [6, 6.07) is 3.80. The second kappa shape index (κ2) is 5.44. The first-order valence-corrected chi connectivity index (χ1v) is 6.34. The van der Waals surface area contributed by atoms with E-state index in [1.807, 2.05) is 19.1 Å². The van der Waals surface area contributed by atoms with E-state index in [4.69, 9.17) is 27.4 Å². The zero-order chi connectivity index (χ0) is 14.0. The molecule has 0 aliphatic carbocycles. The number of imidazole rings is 1. The van der Waals surface area contributed by atoms with E-state index in [2.05, 4.69) is 9.55 Å². The van der Waals surface area contributed by atoms with Gasteiger partial charge in [-0.15, -0.1) is 0 Å². The minimum Gasteiger partial charge on any atom is -0.493 e. The summed E-state index contributed by atoms with van der Waals surface area (Å²) in [5, 5.41) is 0. The van der Waals surface area contributed by atoms with Crippen molar-refractivity contribution >= 4 is 28.2 Å². The normalized spacial score (nSPS) is 10.7. The van der Waals surface area contributed by atoms with E-state index in [1.165, 1.54) is 0 Å². The van der Waals surface area contributed by atoms with Gasteiger partial charge in [-0.2, -0.15) is 0 Å². The topological polar surface area (TPSA) is 62.3 Å². The largest absolute Gasteiger partial charge is 0.493 e. The molecule has 0 amide bonds. The molecule has 0 atom stereocenters.